The lowest BCUT2D eigenvalue weighted by molar-refractivity contribution is -0.153. The maximum atomic E-state index is 13.2. The predicted molar refractivity (Wildman–Crippen MR) is 87.7 cm³/mol. The number of carbonyl (C=O) groups excluding carboxylic acids is 2. The SMILES string of the molecule is CC1C(C(=O)Nc2cc(F)c(F)c(F)c2)CCN1C(=O)CNC(C)C(F)(F)F. The molecule has 1 heterocycles. The summed E-state index contributed by atoms with van der Waals surface area (Å²) < 4.78 is 76.9. The molecule has 156 valence electrons. The van der Waals surface area contributed by atoms with Gasteiger partial charge in [0.05, 0.1) is 12.5 Å². The molecule has 0 aliphatic carbocycles. The molecular weight excluding hydrogens is 392 g/mol. The number of amides is 2. The molecule has 0 saturated carbocycles. The molecule has 1 fully saturated rings. The number of benzene rings is 1. The molecule has 1 saturated heterocycles. The molecule has 28 heavy (non-hydrogen) atoms. The average Bonchev–Trinajstić information content (AvgIpc) is 2.98. The maximum absolute atomic E-state index is 13.2. The second-order valence-electron chi connectivity index (χ2n) is 6.61. The van der Waals surface area contributed by atoms with Crippen LogP contribution in [0.4, 0.5) is 32.0 Å². The van der Waals surface area contributed by atoms with E-state index in [4.69, 9.17) is 0 Å². The van der Waals surface area contributed by atoms with E-state index in [1.165, 1.54) is 4.90 Å². The highest BCUT2D eigenvalue weighted by atomic mass is 19.4. The Labute approximate surface area is 157 Å². The smallest absolute Gasteiger partial charge is 0.338 e. The van der Waals surface area contributed by atoms with Gasteiger partial charge < -0.3 is 10.2 Å². The van der Waals surface area contributed by atoms with Gasteiger partial charge in [0.1, 0.15) is 6.04 Å². The molecule has 2 N–H and O–H groups in total. The number of likely N-dealkylation sites (tertiary alicyclic amines) is 1. The fourth-order valence-electron chi connectivity index (χ4n) is 2.96. The van der Waals surface area contributed by atoms with Gasteiger partial charge in [0, 0.05) is 30.4 Å². The molecule has 1 aliphatic rings. The number of halogens is 6. The molecular formula is C17H19F6N3O2. The standard InChI is InChI=1S/C17H19F6N3O2/c1-8-11(16(28)25-10-5-12(18)15(20)13(19)6-10)3-4-26(8)14(27)7-24-9(2)17(21,22)23/h5-6,8-9,11,24H,3-4,7H2,1-2H3,(H,25,28). The molecule has 5 nitrogen and oxygen atoms in total. The van der Waals surface area contributed by atoms with Gasteiger partial charge in [0.15, 0.2) is 17.5 Å². The van der Waals surface area contributed by atoms with Crippen molar-refractivity contribution in [3.63, 3.8) is 0 Å². The van der Waals surface area contributed by atoms with Crippen LogP contribution in [0, 0.1) is 23.4 Å². The number of nitrogens with zero attached hydrogens (tertiary/aromatic N) is 1. The fourth-order valence-corrected chi connectivity index (χ4v) is 2.96. The fraction of sp³-hybridized carbons (Fsp3) is 0.529. The minimum Gasteiger partial charge on any atom is -0.338 e. The first-order valence-electron chi connectivity index (χ1n) is 8.46. The van der Waals surface area contributed by atoms with Crippen molar-refractivity contribution in [2.75, 3.05) is 18.4 Å². The Morgan fingerprint density at radius 1 is 1.21 bits per heavy atom. The number of rotatable bonds is 5. The van der Waals surface area contributed by atoms with Crippen LogP contribution in [0.3, 0.4) is 0 Å². The number of anilines is 1. The van der Waals surface area contributed by atoms with Gasteiger partial charge in [-0.15, -0.1) is 0 Å². The van der Waals surface area contributed by atoms with Gasteiger partial charge >= 0.3 is 6.18 Å². The van der Waals surface area contributed by atoms with Crippen molar-refractivity contribution in [3.05, 3.63) is 29.6 Å². The number of nitrogens with one attached hydrogen (secondary N) is 2. The van der Waals surface area contributed by atoms with Crippen LogP contribution in [-0.2, 0) is 9.59 Å². The lowest BCUT2D eigenvalue weighted by Crippen LogP contribution is -2.47. The van der Waals surface area contributed by atoms with E-state index >= 15 is 0 Å². The van der Waals surface area contributed by atoms with Gasteiger partial charge in [-0.2, -0.15) is 13.2 Å². The van der Waals surface area contributed by atoms with Crippen molar-refractivity contribution in [2.45, 2.75) is 38.5 Å². The van der Waals surface area contributed by atoms with Crippen LogP contribution in [-0.4, -0.2) is 48.1 Å². The van der Waals surface area contributed by atoms with Gasteiger partial charge in [-0.25, -0.2) is 13.2 Å². The Morgan fingerprint density at radius 3 is 2.32 bits per heavy atom. The highest BCUT2D eigenvalue weighted by molar-refractivity contribution is 5.94. The molecule has 3 atom stereocenters. The second kappa shape index (κ2) is 8.38. The van der Waals surface area contributed by atoms with Crippen LogP contribution in [0.5, 0.6) is 0 Å². The first-order chi connectivity index (χ1) is 12.9. The minimum absolute atomic E-state index is 0.145. The molecule has 0 radical (unpaired) electrons. The molecule has 2 amide bonds. The summed E-state index contributed by atoms with van der Waals surface area (Å²) in [6.07, 6.45) is -4.27. The van der Waals surface area contributed by atoms with Crippen LogP contribution in [0.25, 0.3) is 0 Å². The molecule has 11 heteroatoms. The molecule has 1 aromatic rings. The summed E-state index contributed by atoms with van der Waals surface area (Å²) in [6.45, 7) is 2.03. The average molecular weight is 411 g/mol. The number of carbonyl (C=O) groups is 2. The number of alkyl halides is 3. The second-order valence-corrected chi connectivity index (χ2v) is 6.61. The third-order valence-electron chi connectivity index (χ3n) is 4.71. The van der Waals surface area contributed by atoms with E-state index < -0.39 is 60.0 Å². The quantitative estimate of drug-likeness (QED) is 0.579. The third kappa shape index (κ3) is 4.94. The molecule has 3 unspecified atom stereocenters. The van der Waals surface area contributed by atoms with Gasteiger partial charge in [0.25, 0.3) is 0 Å². The van der Waals surface area contributed by atoms with Gasteiger partial charge in [-0.05, 0) is 20.3 Å². The zero-order valence-corrected chi connectivity index (χ0v) is 15.0. The summed E-state index contributed by atoms with van der Waals surface area (Å²) in [5, 5.41) is 4.35. The third-order valence-corrected chi connectivity index (χ3v) is 4.71. The summed E-state index contributed by atoms with van der Waals surface area (Å²) in [6, 6.07) is -1.25. The molecule has 0 bridgehead atoms. The highest BCUT2D eigenvalue weighted by Gasteiger charge is 2.40. The molecule has 2 rings (SSSR count). The van der Waals surface area contributed by atoms with Crippen LogP contribution >= 0.6 is 0 Å². The summed E-state index contributed by atoms with van der Waals surface area (Å²) in [4.78, 5) is 25.8. The monoisotopic (exact) mass is 411 g/mol. The van der Waals surface area contributed by atoms with E-state index in [1.54, 1.807) is 6.92 Å². The van der Waals surface area contributed by atoms with Gasteiger partial charge in [0.2, 0.25) is 11.8 Å². The number of hydrogen-bond donors (Lipinski definition) is 2. The predicted octanol–water partition coefficient (Wildman–Crippen LogP) is 2.82. The van der Waals surface area contributed by atoms with Crippen molar-refractivity contribution >= 4 is 17.5 Å². The van der Waals surface area contributed by atoms with Crippen molar-refractivity contribution < 1.29 is 35.9 Å². The number of hydrogen-bond acceptors (Lipinski definition) is 3. The molecule has 1 aliphatic heterocycles. The van der Waals surface area contributed by atoms with E-state index in [0.29, 0.717) is 12.1 Å². The van der Waals surface area contributed by atoms with Crippen LogP contribution in [0.2, 0.25) is 0 Å². The summed E-state index contributed by atoms with van der Waals surface area (Å²) >= 11 is 0. The Hall–Kier alpha value is -2.30. The summed E-state index contributed by atoms with van der Waals surface area (Å²) in [7, 11) is 0. The Morgan fingerprint density at radius 2 is 1.79 bits per heavy atom. The molecule has 1 aromatic carbocycles. The van der Waals surface area contributed by atoms with E-state index in [9.17, 15) is 35.9 Å². The first-order valence-corrected chi connectivity index (χ1v) is 8.46. The van der Waals surface area contributed by atoms with Crippen molar-refractivity contribution in [2.24, 2.45) is 5.92 Å². The largest absolute Gasteiger partial charge is 0.403 e. The van der Waals surface area contributed by atoms with Crippen LogP contribution in [0.1, 0.15) is 20.3 Å². The zero-order valence-electron chi connectivity index (χ0n) is 15.0. The lowest BCUT2D eigenvalue weighted by Gasteiger charge is -2.25. The van der Waals surface area contributed by atoms with Gasteiger partial charge in [-0.3, -0.25) is 14.9 Å². The molecule has 0 spiro atoms. The minimum atomic E-state index is -4.49. The lowest BCUT2D eigenvalue weighted by atomic mass is 10.0. The van der Waals surface area contributed by atoms with E-state index in [1.807, 2.05) is 0 Å². The van der Waals surface area contributed by atoms with E-state index in [2.05, 4.69) is 10.6 Å². The highest BCUT2D eigenvalue weighted by Crippen LogP contribution is 2.27. The Kier molecular flexibility index (Phi) is 6.58. The zero-order chi connectivity index (χ0) is 21.2. The first kappa shape index (κ1) is 22.0. The van der Waals surface area contributed by atoms with Crippen LogP contribution < -0.4 is 10.6 Å². The molecule has 0 aromatic heterocycles. The van der Waals surface area contributed by atoms with Crippen molar-refractivity contribution in [1.82, 2.24) is 10.2 Å². The van der Waals surface area contributed by atoms with Crippen molar-refractivity contribution in [1.29, 1.82) is 0 Å². The maximum Gasteiger partial charge on any atom is 0.403 e. The Bertz CT molecular complexity index is 732. The Balaban J connectivity index is 1.96. The topological polar surface area (TPSA) is 61.4 Å². The van der Waals surface area contributed by atoms with E-state index in [0.717, 1.165) is 6.92 Å². The van der Waals surface area contributed by atoms with Gasteiger partial charge in [-0.1, -0.05) is 0 Å². The van der Waals surface area contributed by atoms with Crippen molar-refractivity contribution in [3.8, 4) is 0 Å². The normalized spacial score (nSPS) is 20.9. The summed E-state index contributed by atoms with van der Waals surface area (Å²) in [5.41, 5.74) is -0.279. The summed E-state index contributed by atoms with van der Waals surface area (Å²) in [5.74, 6) is -6.56. The van der Waals surface area contributed by atoms with E-state index in [-0.39, 0.29) is 18.7 Å². The van der Waals surface area contributed by atoms with Crippen LogP contribution in [0.15, 0.2) is 12.1 Å².